The van der Waals surface area contributed by atoms with Gasteiger partial charge in [-0.1, -0.05) is 11.6 Å². The van der Waals surface area contributed by atoms with Gasteiger partial charge in [-0.2, -0.15) is 4.98 Å². The molecule has 2 fully saturated rings. The average Bonchev–Trinajstić information content (AvgIpc) is 3.12. The Morgan fingerprint density at radius 2 is 2.07 bits per heavy atom. The van der Waals surface area contributed by atoms with Gasteiger partial charge in [-0.05, 0) is 56.2 Å². The molecule has 2 aliphatic rings. The zero-order chi connectivity index (χ0) is 18.8. The monoisotopic (exact) mass is 391 g/mol. The third kappa shape index (κ3) is 4.06. The van der Waals surface area contributed by atoms with E-state index in [0.29, 0.717) is 29.1 Å². The average molecular weight is 392 g/mol. The maximum Gasteiger partial charge on any atom is 0.298 e. The van der Waals surface area contributed by atoms with E-state index < -0.39 is 0 Å². The molecule has 2 saturated heterocycles. The molecule has 1 aromatic carbocycles. The Balaban J connectivity index is 1.40. The van der Waals surface area contributed by atoms with Crippen molar-refractivity contribution in [3.63, 3.8) is 0 Å². The highest BCUT2D eigenvalue weighted by molar-refractivity contribution is 6.31. The van der Waals surface area contributed by atoms with Crippen molar-refractivity contribution in [2.24, 2.45) is 11.8 Å². The fraction of sp³-hybridized carbons (Fsp3) is 0.600. The molecule has 1 amide bonds. The van der Waals surface area contributed by atoms with Gasteiger partial charge >= 0.3 is 0 Å². The van der Waals surface area contributed by atoms with Crippen LogP contribution in [-0.4, -0.2) is 53.7 Å². The number of hydrogen-bond acceptors (Lipinski definition) is 5. The topological polar surface area (TPSA) is 69.8 Å². The first-order valence-corrected chi connectivity index (χ1v) is 10.2. The molecule has 27 heavy (non-hydrogen) atoms. The first kappa shape index (κ1) is 18.6. The number of aromatic nitrogens is 1. The first-order chi connectivity index (χ1) is 13.1. The second-order valence-corrected chi connectivity index (χ2v) is 8.11. The minimum atomic E-state index is -0.00765. The fourth-order valence-electron chi connectivity index (χ4n) is 4.26. The van der Waals surface area contributed by atoms with Gasteiger partial charge < -0.3 is 19.3 Å². The second-order valence-electron chi connectivity index (χ2n) is 7.67. The number of likely N-dealkylation sites (tertiary alicyclic amines) is 1. The van der Waals surface area contributed by atoms with Crippen LogP contribution in [0.4, 0.5) is 6.01 Å². The van der Waals surface area contributed by atoms with Crippen molar-refractivity contribution in [1.29, 1.82) is 0 Å². The van der Waals surface area contributed by atoms with Crippen LogP contribution in [0.2, 0.25) is 5.02 Å². The summed E-state index contributed by atoms with van der Waals surface area (Å²) in [5.74, 6) is 0.793. The van der Waals surface area contributed by atoms with Gasteiger partial charge in [-0.3, -0.25) is 4.79 Å². The summed E-state index contributed by atoms with van der Waals surface area (Å²) < 4.78 is 5.88. The molecule has 0 saturated carbocycles. The van der Waals surface area contributed by atoms with Crippen molar-refractivity contribution in [2.75, 3.05) is 37.7 Å². The lowest BCUT2D eigenvalue weighted by atomic mass is 9.91. The van der Waals surface area contributed by atoms with Crippen LogP contribution in [0.15, 0.2) is 22.6 Å². The van der Waals surface area contributed by atoms with Crippen LogP contribution in [0.3, 0.4) is 0 Å². The molecule has 3 heterocycles. The molecule has 0 radical (unpaired) electrons. The van der Waals surface area contributed by atoms with E-state index in [0.717, 1.165) is 57.3 Å². The highest BCUT2D eigenvalue weighted by Crippen LogP contribution is 2.29. The normalized spacial score (nSPS) is 21.8. The van der Waals surface area contributed by atoms with E-state index in [9.17, 15) is 4.79 Å². The summed E-state index contributed by atoms with van der Waals surface area (Å²) in [6, 6.07) is 6.00. The summed E-state index contributed by atoms with van der Waals surface area (Å²) >= 11 is 6.04. The molecule has 0 spiro atoms. The van der Waals surface area contributed by atoms with Crippen LogP contribution in [0.5, 0.6) is 0 Å². The maximum atomic E-state index is 13.0. The van der Waals surface area contributed by atoms with Gasteiger partial charge in [0.05, 0.1) is 5.92 Å². The lowest BCUT2D eigenvalue weighted by Gasteiger charge is -2.37. The molecule has 0 bridgehead atoms. The van der Waals surface area contributed by atoms with Crippen molar-refractivity contribution in [3.8, 4) is 0 Å². The number of amides is 1. The lowest BCUT2D eigenvalue weighted by molar-refractivity contribution is -0.137. The molecule has 0 aliphatic carbocycles. The number of carbonyl (C=O) groups is 1. The standard InChI is InChI=1S/C20H26ClN3O3/c21-16-3-4-18-17(12-16)22-20(27-18)24-8-1-2-15(13-24)19(26)23-9-5-14(6-10-23)7-11-25/h3-4,12,14-15,25H,1-2,5-11,13H2. The summed E-state index contributed by atoms with van der Waals surface area (Å²) in [5.41, 5.74) is 1.46. The molecular weight excluding hydrogens is 366 g/mol. The molecule has 2 aromatic rings. The van der Waals surface area contributed by atoms with Crippen molar-refractivity contribution in [1.82, 2.24) is 9.88 Å². The zero-order valence-electron chi connectivity index (χ0n) is 15.4. The molecule has 6 nitrogen and oxygen atoms in total. The Kier molecular flexibility index (Phi) is 5.55. The number of aliphatic hydroxyl groups is 1. The summed E-state index contributed by atoms with van der Waals surface area (Å²) in [4.78, 5) is 21.6. The third-order valence-corrected chi connectivity index (χ3v) is 6.08. The minimum Gasteiger partial charge on any atom is -0.423 e. The molecule has 146 valence electrons. The van der Waals surface area contributed by atoms with E-state index in [-0.39, 0.29) is 18.4 Å². The van der Waals surface area contributed by atoms with Crippen LogP contribution in [0, 0.1) is 11.8 Å². The van der Waals surface area contributed by atoms with Gasteiger partial charge in [-0.25, -0.2) is 0 Å². The van der Waals surface area contributed by atoms with Crippen LogP contribution >= 0.6 is 11.6 Å². The predicted octanol–water partition coefficient (Wildman–Crippen LogP) is 3.32. The predicted molar refractivity (Wildman–Crippen MR) is 105 cm³/mol. The molecule has 1 unspecified atom stereocenters. The Morgan fingerprint density at radius 3 is 2.85 bits per heavy atom. The van der Waals surface area contributed by atoms with Gasteiger partial charge in [0.25, 0.3) is 6.01 Å². The Hall–Kier alpha value is -1.79. The van der Waals surface area contributed by atoms with Crippen LogP contribution in [-0.2, 0) is 4.79 Å². The first-order valence-electron chi connectivity index (χ1n) is 9.84. The number of rotatable bonds is 4. The van der Waals surface area contributed by atoms with Gasteiger partial charge in [0.1, 0.15) is 5.52 Å². The number of carbonyl (C=O) groups excluding carboxylic acids is 1. The van der Waals surface area contributed by atoms with Gasteiger partial charge in [0.2, 0.25) is 5.91 Å². The van der Waals surface area contributed by atoms with Crippen molar-refractivity contribution in [3.05, 3.63) is 23.2 Å². The smallest absolute Gasteiger partial charge is 0.298 e. The summed E-state index contributed by atoms with van der Waals surface area (Å²) in [6.45, 7) is 3.35. The van der Waals surface area contributed by atoms with E-state index in [2.05, 4.69) is 9.88 Å². The van der Waals surface area contributed by atoms with Crippen LogP contribution < -0.4 is 4.90 Å². The number of piperidine rings is 2. The van der Waals surface area contributed by atoms with E-state index in [1.165, 1.54) is 0 Å². The molecule has 1 aromatic heterocycles. The van der Waals surface area contributed by atoms with Crippen LogP contribution in [0.25, 0.3) is 11.1 Å². The van der Waals surface area contributed by atoms with Gasteiger partial charge in [0, 0.05) is 37.8 Å². The van der Waals surface area contributed by atoms with E-state index in [1.54, 1.807) is 12.1 Å². The van der Waals surface area contributed by atoms with Crippen molar-refractivity contribution >= 4 is 34.6 Å². The summed E-state index contributed by atoms with van der Waals surface area (Å²) in [7, 11) is 0. The maximum absolute atomic E-state index is 13.0. The van der Waals surface area contributed by atoms with Crippen LogP contribution in [0.1, 0.15) is 32.1 Å². The van der Waals surface area contributed by atoms with E-state index >= 15 is 0 Å². The molecular formula is C20H26ClN3O3. The number of hydrogen-bond donors (Lipinski definition) is 1. The van der Waals surface area contributed by atoms with Gasteiger partial charge in [-0.15, -0.1) is 0 Å². The van der Waals surface area contributed by atoms with E-state index in [4.69, 9.17) is 21.1 Å². The molecule has 1 atom stereocenters. The third-order valence-electron chi connectivity index (χ3n) is 5.84. The highest BCUT2D eigenvalue weighted by atomic mass is 35.5. The van der Waals surface area contributed by atoms with Crippen molar-refractivity contribution in [2.45, 2.75) is 32.1 Å². The highest BCUT2D eigenvalue weighted by Gasteiger charge is 2.32. The zero-order valence-corrected chi connectivity index (χ0v) is 16.2. The molecule has 1 N–H and O–H groups in total. The molecule has 4 rings (SSSR count). The summed E-state index contributed by atoms with van der Waals surface area (Å²) in [5, 5.41) is 9.73. The number of anilines is 1. The minimum absolute atomic E-state index is 0.00765. The quantitative estimate of drug-likeness (QED) is 0.865. The number of nitrogens with zero attached hydrogens (tertiary/aromatic N) is 3. The van der Waals surface area contributed by atoms with E-state index in [1.807, 2.05) is 11.0 Å². The second kappa shape index (κ2) is 8.07. The summed E-state index contributed by atoms with van der Waals surface area (Å²) in [6.07, 6.45) is 4.71. The number of oxazole rings is 1. The molecule has 7 heteroatoms. The number of fused-ring (bicyclic) bond motifs is 1. The number of halogens is 1. The Morgan fingerprint density at radius 1 is 1.26 bits per heavy atom. The fourth-order valence-corrected chi connectivity index (χ4v) is 4.43. The Labute approximate surface area is 164 Å². The Bertz CT molecular complexity index is 801. The lowest BCUT2D eigenvalue weighted by Crippen LogP contribution is -2.47. The molecule has 2 aliphatic heterocycles. The number of benzene rings is 1. The van der Waals surface area contributed by atoms with Crippen molar-refractivity contribution < 1.29 is 14.3 Å². The SMILES string of the molecule is O=C(C1CCCN(c2nc3cc(Cl)ccc3o2)C1)N1CCC(CCO)CC1. The van der Waals surface area contributed by atoms with Gasteiger partial charge in [0.15, 0.2) is 5.58 Å². The largest absolute Gasteiger partial charge is 0.423 e. The number of aliphatic hydroxyl groups excluding tert-OH is 1.